The average Bonchev–Trinajstić information content (AvgIpc) is 2.02. The number of aliphatic imine (C=N–C) groups is 1. The van der Waals surface area contributed by atoms with Gasteiger partial charge in [-0.1, -0.05) is 59.6 Å². The summed E-state index contributed by atoms with van der Waals surface area (Å²) in [6.07, 6.45) is 0. The Morgan fingerprint density at radius 2 is 2.00 bits per heavy atom. The van der Waals surface area contributed by atoms with Gasteiger partial charge in [0.15, 0.2) is 0 Å². The molecule has 0 aromatic heterocycles. The van der Waals surface area contributed by atoms with Crippen LogP contribution < -0.4 is 0 Å². The maximum absolute atomic E-state index is 5.94. The van der Waals surface area contributed by atoms with Crippen LogP contribution in [0.15, 0.2) is 14.1 Å². The first-order chi connectivity index (χ1) is 5.49. The summed E-state index contributed by atoms with van der Waals surface area (Å²) < 4.78 is 1.78. The summed E-state index contributed by atoms with van der Waals surface area (Å²) in [6.45, 7) is 5.90. The molecule has 1 atom stereocenters. The normalized spacial score (nSPS) is 16.9. The largest absolute Gasteiger partial charge is 0.269 e. The van der Waals surface area contributed by atoms with Gasteiger partial charge in [0.2, 0.25) is 0 Å². The number of alkyl halides is 1. The molecule has 0 N–H and O–H groups in total. The van der Waals surface area contributed by atoms with Crippen molar-refractivity contribution in [2.24, 2.45) is 10.9 Å². The zero-order chi connectivity index (χ0) is 9.72. The van der Waals surface area contributed by atoms with Crippen LogP contribution in [0.5, 0.6) is 0 Å². The number of rotatable bonds is 3. The molecule has 1 unspecified atom stereocenters. The fourth-order valence-corrected chi connectivity index (χ4v) is 1.12. The molecule has 0 aliphatic carbocycles. The lowest BCUT2D eigenvalue weighted by molar-refractivity contribution is 0.618. The Hall–Kier alpha value is 0.720. The van der Waals surface area contributed by atoms with Crippen LogP contribution in [0.2, 0.25) is 0 Å². The topological polar surface area (TPSA) is 12.4 Å². The predicted octanol–water partition coefficient (Wildman–Crippen LogP) is 4.18. The van der Waals surface area contributed by atoms with E-state index >= 15 is 0 Å². The van der Waals surface area contributed by atoms with Crippen LogP contribution in [0.3, 0.4) is 0 Å². The van der Waals surface area contributed by atoms with Crippen molar-refractivity contribution in [3.05, 3.63) is 9.12 Å². The van der Waals surface area contributed by atoms with Gasteiger partial charge < -0.3 is 0 Å². The van der Waals surface area contributed by atoms with E-state index in [4.69, 9.17) is 23.2 Å². The van der Waals surface area contributed by atoms with Crippen molar-refractivity contribution in [1.29, 1.82) is 0 Å². The number of nitrogens with zero attached hydrogens (tertiary/aromatic N) is 1. The van der Waals surface area contributed by atoms with Crippen molar-refractivity contribution in [2.45, 2.75) is 26.3 Å². The van der Waals surface area contributed by atoms with Gasteiger partial charge in [-0.05, 0) is 16.9 Å². The van der Waals surface area contributed by atoms with Crippen LogP contribution in [0.25, 0.3) is 0 Å². The Morgan fingerprint density at radius 1 is 1.50 bits per heavy atom. The lowest BCUT2D eigenvalue weighted by Gasteiger charge is -2.08. The van der Waals surface area contributed by atoms with E-state index in [1.54, 1.807) is 4.08 Å². The second-order valence-corrected chi connectivity index (χ2v) is 4.27. The van der Waals surface area contributed by atoms with E-state index in [0.717, 1.165) is 5.71 Å². The van der Waals surface area contributed by atoms with Gasteiger partial charge in [-0.2, -0.15) is 0 Å². The Kier molecular flexibility index (Phi) is 6.59. The molecular weight excluding hydrogens is 308 g/mol. The van der Waals surface area contributed by atoms with Crippen molar-refractivity contribution in [3.63, 3.8) is 0 Å². The Balaban J connectivity index is 4.35. The lowest BCUT2D eigenvalue weighted by atomic mass is 10.2. The van der Waals surface area contributed by atoms with Crippen molar-refractivity contribution in [3.8, 4) is 0 Å². The SMILES string of the molecule is CC(=N/C(Cl)C(C)C)/C(Cl)=C\I. The zero-order valence-electron chi connectivity index (χ0n) is 7.31. The van der Waals surface area contributed by atoms with Crippen molar-refractivity contribution in [1.82, 2.24) is 0 Å². The molecule has 0 saturated carbocycles. The maximum atomic E-state index is 5.94. The summed E-state index contributed by atoms with van der Waals surface area (Å²) in [5, 5.41) is 0.655. The van der Waals surface area contributed by atoms with Gasteiger partial charge in [0.1, 0.15) is 5.50 Å². The summed E-state index contributed by atoms with van der Waals surface area (Å²) in [4.78, 5) is 4.22. The maximum Gasteiger partial charge on any atom is 0.126 e. The average molecular weight is 320 g/mol. The van der Waals surface area contributed by atoms with E-state index in [0.29, 0.717) is 11.0 Å². The third-order valence-corrected chi connectivity index (χ3v) is 3.28. The number of hydrogen-bond acceptors (Lipinski definition) is 1. The molecule has 0 aliphatic rings. The molecule has 0 heterocycles. The van der Waals surface area contributed by atoms with Gasteiger partial charge in [-0.25, -0.2) is 0 Å². The van der Waals surface area contributed by atoms with E-state index in [1.807, 2.05) is 20.8 Å². The van der Waals surface area contributed by atoms with Gasteiger partial charge in [0.25, 0.3) is 0 Å². The first kappa shape index (κ1) is 12.7. The fourth-order valence-electron chi connectivity index (χ4n) is 0.475. The Labute approximate surface area is 97.4 Å². The van der Waals surface area contributed by atoms with Crippen LogP contribution in [-0.4, -0.2) is 11.2 Å². The van der Waals surface area contributed by atoms with E-state index in [1.165, 1.54) is 0 Å². The van der Waals surface area contributed by atoms with Crippen LogP contribution in [0.4, 0.5) is 0 Å². The van der Waals surface area contributed by atoms with Gasteiger partial charge >= 0.3 is 0 Å². The molecule has 0 amide bonds. The molecule has 0 aliphatic heterocycles. The highest BCUT2D eigenvalue weighted by Crippen LogP contribution is 2.15. The second-order valence-electron chi connectivity index (χ2n) is 2.79. The highest BCUT2D eigenvalue weighted by molar-refractivity contribution is 14.1. The molecule has 70 valence electrons. The lowest BCUT2D eigenvalue weighted by Crippen LogP contribution is -2.07. The predicted molar refractivity (Wildman–Crippen MR) is 65.5 cm³/mol. The minimum atomic E-state index is -0.185. The molecule has 0 fully saturated rings. The first-order valence-corrected chi connectivity index (χ1v) is 5.69. The number of hydrogen-bond donors (Lipinski definition) is 0. The Bertz CT molecular complexity index is 199. The molecule has 0 saturated heterocycles. The summed E-state index contributed by atoms with van der Waals surface area (Å²) in [5.74, 6) is 0.334. The molecule has 0 rings (SSSR count). The van der Waals surface area contributed by atoms with E-state index < -0.39 is 0 Å². The van der Waals surface area contributed by atoms with E-state index in [-0.39, 0.29) is 5.50 Å². The van der Waals surface area contributed by atoms with Crippen molar-refractivity contribution in [2.75, 3.05) is 0 Å². The highest BCUT2D eigenvalue weighted by atomic mass is 127. The standard InChI is InChI=1S/C8H12Cl2IN/c1-5(2)8(10)12-6(3)7(9)4-11/h4-5,8H,1-3H3/b7-4+,12-6-. The molecule has 1 nitrogen and oxygen atoms in total. The summed E-state index contributed by atoms with van der Waals surface area (Å²) in [6, 6.07) is 0. The molecular formula is C8H12Cl2IN. The van der Waals surface area contributed by atoms with Gasteiger partial charge in [-0.3, -0.25) is 4.99 Å². The molecule has 4 heteroatoms. The summed E-state index contributed by atoms with van der Waals surface area (Å²) >= 11 is 13.8. The zero-order valence-corrected chi connectivity index (χ0v) is 11.0. The fraction of sp³-hybridized carbons (Fsp3) is 0.625. The van der Waals surface area contributed by atoms with E-state index in [2.05, 4.69) is 27.6 Å². The molecule has 0 aromatic carbocycles. The van der Waals surface area contributed by atoms with E-state index in [9.17, 15) is 0 Å². The smallest absolute Gasteiger partial charge is 0.126 e. The van der Waals surface area contributed by atoms with Crippen LogP contribution in [0, 0.1) is 5.92 Å². The van der Waals surface area contributed by atoms with Crippen LogP contribution in [0.1, 0.15) is 20.8 Å². The van der Waals surface area contributed by atoms with Crippen LogP contribution in [-0.2, 0) is 0 Å². The van der Waals surface area contributed by atoms with Crippen molar-refractivity contribution >= 4 is 51.5 Å². The second kappa shape index (κ2) is 6.22. The van der Waals surface area contributed by atoms with Crippen molar-refractivity contribution < 1.29 is 0 Å². The minimum Gasteiger partial charge on any atom is -0.269 e. The molecule has 0 aromatic rings. The Morgan fingerprint density at radius 3 is 2.33 bits per heavy atom. The summed E-state index contributed by atoms with van der Waals surface area (Å²) in [5.41, 5.74) is 0.606. The van der Waals surface area contributed by atoms with Gasteiger partial charge in [-0.15, -0.1) is 0 Å². The van der Waals surface area contributed by atoms with Gasteiger partial charge in [0, 0.05) is 0 Å². The third-order valence-electron chi connectivity index (χ3n) is 1.31. The molecule has 0 radical (unpaired) electrons. The van der Waals surface area contributed by atoms with Crippen LogP contribution >= 0.6 is 45.8 Å². The highest BCUT2D eigenvalue weighted by Gasteiger charge is 2.08. The monoisotopic (exact) mass is 319 g/mol. The molecule has 0 spiro atoms. The first-order valence-electron chi connectivity index (χ1n) is 3.63. The summed E-state index contributed by atoms with van der Waals surface area (Å²) in [7, 11) is 0. The molecule has 12 heavy (non-hydrogen) atoms. The minimum absolute atomic E-state index is 0.185. The number of allylic oxidation sites excluding steroid dienone is 1. The molecule has 0 bridgehead atoms. The quantitative estimate of drug-likeness (QED) is 0.320. The third kappa shape index (κ3) is 4.67. The van der Waals surface area contributed by atoms with Gasteiger partial charge in [0.05, 0.1) is 10.7 Å². The number of halogens is 3.